The Balaban J connectivity index is 1.59. The van der Waals surface area contributed by atoms with Crippen LogP contribution in [0.2, 0.25) is 0 Å². The Morgan fingerprint density at radius 3 is 2.87 bits per heavy atom. The predicted octanol–water partition coefficient (Wildman–Crippen LogP) is 1.74. The Morgan fingerprint density at radius 1 is 1.35 bits per heavy atom. The van der Waals surface area contributed by atoms with E-state index in [-0.39, 0.29) is 10.8 Å². The number of methoxy groups -OCH3 is 1. The van der Waals surface area contributed by atoms with Crippen molar-refractivity contribution in [2.24, 2.45) is 0 Å². The summed E-state index contributed by atoms with van der Waals surface area (Å²) in [7, 11) is -2.01. The van der Waals surface area contributed by atoms with Gasteiger partial charge in [-0.25, -0.2) is 8.42 Å². The molecule has 1 aromatic carbocycles. The number of benzene rings is 1. The molecule has 0 aliphatic carbocycles. The lowest BCUT2D eigenvalue weighted by Gasteiger charge is -2.26. The molecule has 10 nitrogen and oxygen atoms in total. The number of morpholine rings is 1. The quantitative estimate of drug-likeness (QED) is 0.381. The maximum atomic E-state index is 12.8. The van der Waals surface area contributed by atoms with E-state index < -0.39 is 15.3 Å². The van der Waals surface area contributed by atoms with Crippen molar-refractivity contribution in [1.29, 1.82) is 0 Å². The molecule has 170 valence electrons. The van der Waals surface area contributed by atoms with Crippen LogP contribution in [-0.2, 0) is 24.3 Å². The van der Waals surface area contributed by atoms with Crippen molar-refractivity contribution in [3.8, 4) is 0 Å². The first-order chi connectivity index (χ1) is 14.9. The third kappa shape index (κ3) is 6.60. The van der Waals surface area contributed by atoms with E-state index in [1.54, 1.807) is 26.2 Å². The summed E-state index contributed by atoms with van der Waals surface area (Å²) in [6.45, 7) is 4.32. The minimum absolute atomic E-state index is 0.142. The Labute approximate surface area is 189 Å². The number of ether oxygens (including phenoxy) is 2. The average molecular weight is 488 g/mol. The average Bonchev–Trinajstić information content (AvgIpc) is 3.22. The molecule has 0 radical (unpaired) electrons. The van der Waals surface area contributed by atoms with E-state index in [4.69, 9.17) is 9.47 Å². The maximum Gasteiger partial charge on any atom is 0.243 e. The van der Waals surface area contributed by atoms with Gasteiger partial charge in [-0.1, -0.05) is 29.2 Å². The number of anilines is 2. The summed E-state index contributed by atoms with van der Waals surface area (Å²) in [6.07, 6.45) is 0. The van der Waals surface area contributed by atoms with E-state index in [0.717, 1.165) is 0 Å². The minimum atomic E-state index is -3.63. The SMILES string of the molecule is COCCNc1nnc(SC(C)C(=O)Nc2cccc(S(=O)(=O)N3CCOCC3)c2)s1. The molecule has 1 amide bonds. The highest BCUT2D eigenvalue weighted by molar-refractivity contribution is 8.02. The van der Waals surface area contributed by atoms with E-state index in [2.05, 4.69) is 20.8 Å². The van der Waals surface area contributed by atoms with Crippen LogP contribution in [-0.4, -0.2) is 80.6 Å². The van der Waals surface area contributed by atoms with Gasteiger partial charge in [0.1, 0.15) is 0 Å². The molecule has 2 heterocycles. The van der Waals surface area contributed by atoms with Gasteiger partial charge in [-0.3, -0.25) is 4.79 Å². The van der Waals surface area contributed by atoms with Crippen LogP contribution in [0.4, 0.5) is 10.8 Å². The molecule has 3 rings (SSSR count). The van der Waals surface area contributed by atoms with E-state index in [0.29, 0.717) is 54.6 Å². The smallest absolute Gasteiger partial charge is 0.243 e. The first-order valence-corrected chi connectivity index (χ1v) is 12.8. The molecule has 1 fully saturated rings. The number of nitrogens with one attached hydrogen (secondary N) is 2. The van der Waals surface area contributed by atoms with Gasteiger partial charge in [-0.15, -0.1) is 10.2 Å². The lowest BCUT2D eigenvalue weighted by atomic mass is 10.3. The molecule has 1 unspecified atom stereocenters. The molecule has 1 atom stereocenters. The van der Waals surface area contributed by atoms with Gasteiger partial charge in [0.05, 0.1) is 30.0 Å². The Morgan fingerprint density at radius 2 is 2.13 bits per heavy atom. The highest BCUT2D eigenvalue weighted by atomic mass is 32.2. The molecular formula is C18H25N5O5S3. The molecule has 1 aliphatic rings. The lowest BCUT2D eigenvalue weighted by molar-refractivity contribution is -0.115. The number of carbonyl (C=O) groups is 1. The first kappa shape index (κ1) is 23.9. The molecule has 0 bridgehead atoms. The van der Waals surface area contributed by atoms with Gasteiger partial charge in [0.15, 0.2) is 4.34 Å². The van der Waals surface area contributed by atoms with Gasteiger partial charge in [-0.2, -0.15) is 4.31 Å². The normalized spacial score (nSPS) is 16.1. The second kappa shape index (κ2) is 11.2. The largest absolute Gasteiger partial charge is 0.383 e. The summed E-state index contributed by atoms with van der Waals surface area (Å²) in [6, 6.07) is 6.28. The second-order valence-corrected chi connectivity index (χ2v) is 11.1. The molecular weight excluding hydrogens is 462 g/mol. The zero-order chi connectivity index (χ0) is 22.3. The van der Waals surface area contributed by atoms with E-state index in [1.165, 1.54) is 39.5 Å². The highest BCUT2D eigenvalue weighted by Crippen LogP contribution is 2.29. The summed E-state index contributed by atoms with van der Waals surface area (Å²) in [5.74, 6) is -0.255. The summed E-state index contributed by atoms with van der Waals surface area (Å²) < 4.78 is 37.9. The monoisotopic (exact) mass is 487 g/mol. The molecule has 2 aromatic rings. The van der Waals surface area contributed by atoms with Crippen LogP contribution in [0.15, 0.2) is 33.5 Å². The molecule has 1 aliphatic heterocycles. The number of hydrogen-bond acceptors (Lipinski definition) is 10. The molecule has 0 spiro atoms. The number of rotatable bonds is 10. The predicted molar refractivity (Wildman–Crippen MR) is 120 cm³/mol. The standard InChI is InChI=1S/C18H25N5O5S3/c1-13(29-18-22-21-17(30-18)19-6-9-27-2)16(24)20-14-4-3-5-15(12-14)31(25,26)23-7-10-28-11-8-23/h3-5,12-13H,6-11H2,1-2H3,(H,19,21)(H,20,24). The lowest BCUT2D eigenvalue weighted by Crippen LogP contribution is -2.40. The minimum Gasteiger partial charge on any atom is -0.383 e. The molecule has 1 aromatic heterocycles. The van der Waals surface area contributed by atoms with Crippen LogP contribution in [0.25, 0.3) is 0 Å². The van der Waals surface area contributed by atoms with Crippen molar-refractivity contribution in [2.75, 3.05) is 57.2 Å². The van der Waals surface area contributed by atoms with Crippen molar-refractivity contribution < 1.29 is 22.7 Å². The Bertz CT molecular complexity index is 978. The van der Waals surface area contributed by atoms with Crippen LogP contribution in [0.1, 0.15) is 6.92 Å². The van der Waals surface area contributed by atoms with Crippen LogP contribution >= 0.6 is 23.1 Å². The van der Waals surface area contributed by atoms with Crippen molar-refractivity contribution in [2.45, 2.75) is 21.4 Å². The highest BCUT2D eigenvalue weighted by Gasteiger charge is 2.26. The van der Waals surface area contributed by atoms with Crippen LogP contribution < -0.4 is 10.6 Å². The first-order valence-electron chi connectivity index (χ1n) is 9.62. The topological polar surface area (TPSA) is 123 Å². The second-order valence-electron chi connectivity index (χ2n) is 6.59. The van der Waals surface area contributed by atoms with Crippen LogP contribution in [0, 0.1) is 0 Å². The van der Waals surface area contributed by atoms with Crippen LogP contribution in [0.5, 0.6) is 0 Å². The van der Waals surface area contributed by atoms with E-state index in [9.17, 15) is 13.2 Å². The molecule has 13 heteroatoms. The third-order valence-corrected chi connectivity index (χ3v) is 8.30. The van der Waals surface area contributed by atoms with Gasteiger partial charge in [0.25, 0.3) is 0 Å². The van der Waals surface area contributed by atoms with Crippen LogP contribution in [0.3, 0.4) is 0 Å². The van der Waals surface area contributed by atoms with Crippen molar-refractivity contribution in [3.05, 3.63) is 24.3 Å². The summed E-state index contributed by atoms with van der Waals surface area (Å²) >= 11 is 2.64. The summed E-state index contributed by atoms with van der Waals surface area (Å²) in [5, 5.41) is 14.2. The fraction of sp³-hybridized carbons (Fsp3) is 0.500. The van der Waals surface area contributed by atoms with Gasteiger partial charge >= 0.3 is 0 Å². The molecule has 0 saturated carbocycles. The number of nitrogens with zero attached hydrogens (tertiary/aromatic N) is 3. The number of thioether (sulfide) groups is 1. The van der Waals surface area contributed by atoms with Crippen molar-refractivity contribution >= 4 is 49.8 Å². The third-order valence-electron chi connectivity index (χ3n) is 4.35. The fourth-order valence-electron chi connectivity index (χ4n) is 2.71. The number of sulfonamides is 1. The molecule has 2 N–H and O–H groups in total. The molecule has 31 heavy (non-hydrogen) atoms. The summed E-state index contributed by atoms with van der Waals surface area (Å²) in [5.41, 5.74) is 0.422. The zero-order valence-corrected chi connectivity index (χ0v) is 19.7. The fourth-order valence-corrected chi connectivity index (χ4v) is 6.08. The van der Waals surface area contributed by atoms with Gasteiger partial charge < -0.3 is 20.1 Å². The Hall–Kier alpha value is -1.77. The van der Waals surface area contributed by atoms with Crippen molar-refractivity contribution in [3.63, 3.8) is 0 Å². The number of hydrogen-bond donors (Lipinski definition) is 2. The van der Waals surface area contributed by atoms with Gasteiger partial charge in [0.2, 0.25) is 21.1 Å². The van der Waals surface area contributed by atoms with Crippen molar-refractivity contribution in [1.82, 2.24) is 14.5 Å². The van der Waals surface area contributed by atoms with Gasteiger partial charge in [-0.05, 0) is 25.1 Å². The number of carbonyl (C=O) groups excluding carboxylic acids is 1. The zero-order valence-electron chi connectivity index (χ0n) is 17.2. The Kier molecular flexibility index (Phi) is 8.63. The van der Waals surface area contributed by atoms with E-state index >= 15 is 0 Å². The maximum absolute atomic E-state index is 12.8. The van der Waals surface area contributed by atoms with Gasteiger partial charge in [0, 0.05) is 32.4 Å². The number of aromatic nitrogens is 2. The molecule has 1 saturated heterocycles. The summed E-state index contributed by atoms with van der Waals surface area (Å²) in [4.78, 5) is 12.8. The number of amides is 1. The van der Waals surface area contributed by atoms with E-state index in [1.807, 2.05) is 0 Å².